The van der Waals surface area contributed by atoms with Crippen LogP contribution in [0.4, 0.5) is 5.69 Å². The van der Waals surface area contributed by atoms with Crippen LogP contribution in [0, 0.1) is 6.92 Å². The molecule has 0 radical (unpaired) electrons. The molecule has 0 atom stereocenters. The Balaban J connectivity index is 2.32. The number of hydrogen-bond acceptors (Lipinski definition) is 4. The maximum Gasteiger partial charge on any atom is 0.239 e. The van der Waals surface area contributed by atoms with Gasteiger partial charge < -0.3 is 20.1 Å². The van der Waals surface area contributed by atoms with Crippen molar-refractivity contribution in [2.75, 3.05) is 39.2 Å². The van der Waals surface area contributed by atoms with Gasteiger partial charge in [-0.1, -0.05) is 0 Å². The number of rotatable bonds is 8. The molecule has 1 rings (SSSR count). The predicted molar refractivity (Wildman–Crippen MR) is 75.7 cm³/mol. The summed E-state index contributed by atoms with van der Waals surface area (Å²) in [7, 11) is 3.29. The van der Waals surface area contributed by atoms with Crippen LogP contribution in [0.1, 0.15) is 12.0 Å². The fourth-order valence-corrected chi connectivity index (χ4v) is 1.68. The maximum absolute atomic E-state index is 11.5. The molecule has 0 aliphatic rings. The number of aryl methyl sites for hydroxylation is 1. The molecular weight excluding hydrogens is 244 g/mol. The van der Waals surface area contributed by atoms with Gasteiger partial charge in [0.15, 0.2) is 0 Å². The van der Waals surface area contributed by atoms with E-state index in [-0.39, 0.29) is 12.5 Å². The highest BCUT2D eigenvalue weighted by molar-refractivity contribution is 5.80. The summed E-state index contributed by atoms with van der Waals surface area (Å²) in [6, 6.07) is 5.73. The standard InChI is InChI=1S/C14H22N2O3/c1-11-9-12(5-6-13(11)19-3)16-10-14(17)15-7-4-8-18-2/h5-6,9,16H,4,7-8,10H2,1-3H3,(H,15,17). The van der Waals surface area contributed by atoms with E-state index >= 15 is 0 Å². The average Bonchev–Trinajstić information content (AvgIpc) is 2.41. The second-order valence-electron chi connectivity index (χ2n) is 4.23. The van der Waals surface area contributed by atoms with E-state index < -0.39 is 0 Å². The molecule has 0 fully saturated rings. The second-order valence-corrected chi connectivity index (χ2v) is 4.23. The summed E-state index contributed by atoms with van der Waals surface area (Å²) in [5.74, 6) is 0.819. The van der Waals surface area contributed by atoms with Crippen molar-refractivity contribution in [3.05, 3.63) is 23.8 Å². The number of ether oxygens (including phenoxy) is 2. The van der Waals surface area contributed by atoms with Crippen molar-refractivity contribution in [3.63, 3.8) is 0 Å². The molecule has 0 aromatic heterocycles. The molecule has 0 saturated carbocycles. The largest absolute Gasteiger partial charge is 0.496 e. The molecule has 19 heavy (non-hydrogen) atoms. The monoisotopic (exact) mass is 266 g/mol. The normalized spacial score (nSPS) is 10.1. The highest BCUT2D eigenvalue weighted by Crippen LogP contribution is 2.20. The minimum absolute atomic E-state index is 0.0235. The Kier molecular flexibility index (Phi) is 6.74. The number of hydrogen-bond donors (Lipinski definition) is 2. The van der Waals surface area contributed by atoms with Gasteiger partial charge >= 0.3 is 0 Å². The van der Waals surface area contributed by atoms with Crippen molar-refractivity contribution in [3.8, 4) is 5.75 Å². The van der Waals surface area contributed by atoms with E-state index in [0.29, 0.717) is 13.2 Å². The highest BCUT2D eigenvalue weighted by atomic mass is 16.5. The first-order chi connectivity index (χ1) is 9.17. The minimum atomic E-state index is -0.0235. The fraction of sp³-hybridized carbons (Fsp3) is 0.500. The molecule has 0 unspecified atom stereocenters. The molecule has 0 aliphatic carbocycles. The van der Waals surface area contributed by atoms with Crippen molar-refractivity contribution >= 4 is 11.6 Å². The highest BCUT2D eigenvalue weighted by Gasteiger charge is 2.02. The van der Waals surface area contributed by atoms with Crippen LogP contribution in [-0.2, 0) is 9.53 Å². The van der Waals surface area contributed by atoms with Crippen LogP contribution in [0.2, 0.25) is 0 Å². The van der Waals surface area contributed by atoms with Gasteiger partial charge in [-0.2, -0.15) is 0 Å². The Hall–Kier alpha value is -1.75. The smallest absolute Gasteiger partial charge is 0.239 e. The van der Waals surface area contributed by atoms with Crippen molar-refractivity contribution in [1.29, 1.82) is 0 Å². The van der Waals surface area contributed by atoms with Crippen molar-refractivity contribution in [2.45, 2.75) is 13.3 Å². The lowest BCUT2D eigenvalue weighted by Gasteiger charge is -2.10. The quantitative estimate of drug-likeness (QED) is 0.701. The number of carbonyl (C=O) groups is 1. The van der Waals surface area contributed by atoms with Gasteiger partial charge in [-0.25, -0.2) is 0 Å². The second kappa shape index (κ2) is 8.37. The van der Waals surface area contributed by atoms with E-state index in [4.69, 9.17) is 9.47 Å². The summed E-state index contributed by atoms with van der Waals surface area (Å²) < 4.78 is 10.1. The van der Waals surface area contributed by atoms with Gasteiger partial charge in [-0.15, -0.1) is 0 Å². The van der Waals surface area contributed by atoms with Gasteiger partial charge in [0.25, 0.3) is 0 Å². The number of anilines is 1. The first-order valence-electron chi connectivity index (χ1n) is 6.31. The summed E-state index contributed by atoms with van der Waals surface area (Å²) in [5.41, 5.74) is 1.94. The lowest BCUT2D eigenvalue weighted by atomic mass is 10.2. The number of nitrogens with one attached hydrogen (secondary N) is 2. The van der Waals surface area contributed by atoms with Gasteiger partial charge in [-0.3, -0.25) is 4.79 Å². The van der Waals surface area contributed by atoms with Crippen LogP contribution >= 0.6 is 0 Å². The molecule has 0 saturated heterocycles. The Morgan fingerprint density at radius 1 is 1.32 bits per heavy atom. The third kappa shape index (κ3) is 5.61. The van der Waals surface area contributed by atoms with Gasteiger partial charge in [0.1, 0.15) is 5.75 Å². The molecule has 5 nitrogen and oxygen atoms in total. The topological polar surface area (TPSA) is 59.6 Å². The summed E-state index contributed by atoms with van der Waals surface area (Å²) in [5, 5.41) is 5.90. The molecule has 2 N–H and O–H groups in total. The van der Waals surface area contributed by atoms with Gasteiger partial charge in [0.2, 0.25) is 5.91 Å². The van der Waals surface area contributed by atoms with E-state index in [1.807, 2.05) is 25.1 Å². The molecule has 1 aromatic rings. The number of carbonyl (C=O) groups excluding carboxylic acids is 1. The molecule has 0 heterocycles. The summed E-state index contributed by atoms with van der Waals surface area (Å²) in [4.78, 5) is 11.5. The third-order valence-corrected chi connectivity index (χ3v) is 2.70. The molecule has 106 valence electrons. The zero-order chi connectivity index (χ0) is 14.1. The van der Waals surface area contributed by atoms with E-state index in [1.165, 1.54) is 0 Å². The molecule has 0 bridgehead atoms. The average molecular weight is 266 g/mol. The van der Waals surface area contributed by atoms with Crippen LogP contribution < -0.4 is 15.4 Å². The number of benzene rings is 1. The van der Waals surface area contributed by atoms with Crippen LogP contribution in [0.15, 0.2) is 18.2 Å². The zero-order valence-electron chi connectivity index (χ0n) is 11.8. The number of methoxy groups -OCH3 is 2. The lowest BCUT2D eigenvalue weighted by Crippen LogP contribution is -2.31. The van der Waals surface area contributed by atoms with Crippen molar-refractivity contribution in [1.82, 2.24) is 5.32 Å². The Labute approximate surface area is 114 Å². The van der Waals surface area contributed by atoms with Crippen molar-refractivity contribution < 1.29 is 14.3 Å². The first kappa shape index (κ1) is 15.3. The Morgan fingerprint density at radius 2 is 2.11 bits per heavy atom. The predicted octanol–water partition coefficient (Wildman–Crippen LogP) is 1.57. The van der Waals surface area contributed by atoms with Crippen LogP contribution in [0.25, 0.3) is 0 Å². The van der Waals surface area contributed by atoms with Gasteiger partial charge in [0.05, 0.1) is 13.7 Å². The summed E-state index contributed by atoms with van der Waals surface area (Å²) in [6.07, 6.45) is 0.823. The van der Waals surface area contributed by atoms with E-state index in [1.54, 1.807) is 14.2 Å². The zero-order valence-corrected chi connectivity index (χ0v) is 11.8. The SMILES string of the molecule is COCCCNC(=O)CNc1ccc(OC)c(C)c1. The van der Waals surface area contributed by atoms with E-state index in [0.717, 1.165) is 23.4 Å². The Bertz CT molecular complexity index is 408. The number of amides is 1. The summed E-state index contributed by atoms with van der Waals surface area (Å²) >= 11 is 0. The first-order valence-corrected chi connectivity index (χ1v) is 6.31. The van der Waals surface area contributed by atoms with Gasteiger partial charge in [-0.05, 0) is 37.1 Å². The summed E-state index contributed by atoms with van der Waals surface area (Å²) in [6.45, 7) is 3.52. The lowest BCUT2D eigenvalue weighted by molar-refractivity contribution is -0.119. The molecule has 1 aromatic carbocycles. The molecule has 0 aliphatic heterocycles. The van der Waals surface area contributed by atoms with Gasteiger partial charge in [0, 0.05) is 25.9 Å². The third-order valence-electron chi connectivity index (χ3n) is 2.70. The molecular formula is C14H22N2O3. The van der Waals surface area contributed by atoms with E-state index in [9.17, 15) is 4.79 Å². The minimum Gasteiger partial charge on any atom is -0.496 e. The van der Waals surface area contributed by atoms with E-state index in [2.05, 4.69) is 10.6 Å². The van der Waals surface area contributed by atoms with Crippen LogP contribution in [0.3, 0.4) is 0 Å². The van der Waals surface area contributed by atoms with Crippen molar-refractivity contribution in [2.24, 2.45) is 0 Å². The molecule has 5 heteroatoms. The van der Waals surface area contributed by atoms with Crippen LogP contribution in [-0.4, -0.2) is 39.8 Å². The maximum atomic E-state index is 11.5. The van der Waals surface area contributed by atoms with Crippen LogP contribution in [0.5, 0.6) is 5.75 Å². The molecule has 1 amide bonds. The molecule has 0 spiro atoms. The Morgan fingerprint density at radius 3 is 2.74 bits per heavy atom. The fourth-order valence-electron chi connectivity index (χ4n) is 1.68.